The number of hydrogen-bond donors (Lipinski definition) is 0. The molecular formula is C22H23F2NO4S. The highest BCUT2D eigenvalue weighted by Crippen LogP contribution is 2.23. The van der Waals surface area contributed by atoms with E-state index in [0.29, 0.717) is 24.2 Å². The molecule has 0 spiro atoms. The van der Waals surface area contributed by atoms with Gasteiger partial charge in [0.1, 0.15) is 5.75 Å². The Bertz CT molecular complexity index is 996. The monoisotopic (exact) mass is 435 g/mol. The highest BCUT2D eigenvalue weighted by Gasteiger charge is 2.25. The molecule has 160 valence electrons. The van der Waals surface area contributed by atoms with Crippen LogP contribution in [-0.4, -0.2) is 38.2 Å². The molecule has 30 heavy (non-hydrogen) atoms. The van der Waals surface area contributed by atoms with E-state index in [9.17, 15) is 22.0 Å². The predicted molar refractivity (Wildman–Crippen MR) is 110 cm³/mol. The van der Waals surface area contributed by atoms with Gasteiger partial charge in [-0.1, -0.05) is 31.0 Å². The van der Waals surface area contributed by atoms with Crippen LogP contribution in [-0.2, 0) is 10.0 Å². The molecule has 0 unspecified atom stereocenters. The van der Waals surface area contributed by atoms with Gasteiger partial charge in [-0.25, -0.2) is 8.42 Å². The Hall–Kier alpha value is -2.58. The van der Waals surface area contributed by atoms with Crippen molar-refractivity contribution >= 4 is 21.9 Å². The van der Waals surface area contributed by atoms with Gasteiger partial charge in [-0.2, -0.15) is 13.1 Å². The summed E-state index contributed by atoms with van der Waals surface area (Å²) in [7, 11) is -3.58. The maximum atomic E-state index is 12.8. The summed E-state index contributed by atoms with van der Waals surface area (Å²) >= 11 is 0. The highest BCUT2D eigenvalue weighted by atomic mass is 32.2. The molecule has 2 aromatic carbocycles. The average Bonchev–Trinajstić information content (AvgIpc) is 3.03. The molecule has 1 fully saturated rings. The zero-order valence-corrected chi connectivity index (χ0v) is 17.2. The molecule has 0 radical (unpaired) electrons. The number of rotatable bonds is 7. The van der Waals surface area contributed by atoms with Gasteiger partial charge < -0.3 is 4.74 Å². The molecule has 8 heteroatoms. The Morgan fingerprint density at radius 1 is 0.967 bits per heavy atom. The first-order chi connectivity index (χ1) is 14.4. The van der Waals surface area contributed by atoms with Crippen LogP contribution in [0.1, 0.15) is 41.6 Å². The van der Waals surface area contributed by atoms with Crippen LogP contribution < -0.4 is 4.74 Å². The second-order valence-corrected chi connectivity index (χ2v) is 8.89. The number of ether oxygens (including phenoxy) is 1. The minimum Gasteiger partial charge on any atom is -0.434 e. The van der Waals surface area contributed by atoms with E-state index in [1.165, 1.54) is 46.8 Å². The van der Waals surface area contributed by atoms with Crippen LogP contribution in [0.4, 0.5) is 8.78 Å². The first kappa shape index (κ1) is 22.1. The lowest BCUT2D eigenvalue weighted by atomic mass is 10.1. The number of allylic oxidation sites excluding steroid dienone is 1. The summed E-state index contributed by atoms with van der Waals surface area (Å²) in [6.45, 7) is -1.95. The van der Waals surface area contributed by atoms with Gasteiger partial charge in [0, 0.05) is 24.2 Å². The molecule has 1 aliphatic heterocycles. The Labute approximate surface area is 175 Å². The molecule has 0 N–H and O–H groups in total. The third-order valence-electron chi connectivity index (χ3n) is 4.89. The summed E-state index contributed by atoms with van der Waals surface area (Å²) in [5.74, 6) is -0.406. The molecular weight excluding hydrogens is 412 g/mol. The van der Waals surface area contributed by atoms with Gasteiger partial charge in [-0.05, 0) is 55.3 Å². The van der Waals surface area contributed by atoms with E-state index in [2.05, 4.69) is 4.74 Å². The smallest absolute Gasteiger partial charge is 0.387 e. The lowest BCUT2D eigenvalue weighted by molar-refractivity contribution is -0.0499. The van der Waals surface area contributed by atoms with Gasteiger partial charge in [-0.3, -0.25) is 4.79 Å². The van der Waals surface area contributed by atoms with Gasteiger partial charge in [0.2, 0.25) is 10.0 Å². The maximum Gasteiger partial charge on any atom is 0.387 e. The predicted octanol–water partition coefficient (Wildman–Crippen LogP) is 4.75. The van der Waals surface area contributed by atoms with Crippen molar-refractivity contribution in [1.29, 1.82) is 0 Å². The molecule has 3 rings (SSSR count). The largest absolute Gasteiger partial charge is 0.434 e. The number of ketones is 1. The van der Waals surface area contributed by atoms with E-state index in [1.54, 1.807) is 18.2 Å². The number of sulfonamides is 1. The van der Waals surface area contributed by atoms with E-state index in [0.717, 1.165) is 25.7 Å². The SMILES string of the molecule is O=C(C=Cc1ccccc1OC(F)F)c1ccc(S(=O)(=O)N2CCCCCC2)cc1. The average molecular weight is 435 g/mol. The molecule has 0 aliphatic carbocycles. The highest BCUT2D eigenvalue weighted by molar-refractivity contribution is 7.89. The number of para-hydroxylation sites is 1. The maximum absolute atomic E-state index is 12.8. The molecule has 2 aromatic rings. The fourth-order valence-corrected chi connectivity index (χ4v) is 4.82. The minimum atomic E-state index is -3.58. The number of nitrogens with zero attached hydrogens (tertiary/aromatic N) is 1. The van der Waals surface area contributed by atoms with E-state index in [1.807, 2.05) is 0 Å². The van der Waals surface area contributed by atoms with E-state index >= 15 is 0 Å². The Kier molecular flexibility index (Phi) is 7.33. The van der Waals surface area contributed by atoms with E-state index in [4.69, 9.17) is 0 Å². The van der Waals surface area contributed by atoms with Crippen LogP contribution in [0.15, 0.2) is 59.5 Å². The molecule has 0 saturated carbocycles. The second kappa shape index (κ2) is 9.95. The minimum absolute atomic E-state index is 0.0320. The zero-order chi connectivity index (χ0) is 21.6. The molecule has 0 bridgehead atoms. The third kappa shape index (κ3) is 5.52. The van der Waals surface area contributed by atoms with Crippen molar-refractivity contribution in [2.45, 2.75) is 37.2 Å². The van der Waals surface area contributed by atoms with Gasteiger partial charge in [0.25, 0.3) is 0 Å². The van der Waals surface area contributed by atoms with Gasteiger partial charge >= 0.3 is 6.61 Å². The fourth-order valence-electron chi connectivity index (χ4n) is 3.31. The van der Waals surface area contributed by atoms with Crippen LogP contribution in [0.3, 0.4) is 0 Å². The number of carbonyl (C=O) groups is 1. The summed E-state index contributed by atoms with van der Waals surface area (Å²) in [6, 6.07) is 11.9. The van der Waals surface area contributed by atoms with E-state index < -0.39 is 16.6 Å². The molecule has 0 atom stereocenters. The van der Waals surface area contributed by atoms with Crippen LogP contribution in [0, 0.1) is 0 Å². The summed E-state index contributed by atoms with van der Waals surface area (Å²) < 4.78 is 56.5. The van der Waals surface area contributed by atoms with Gasteiger partial charge in [-0.15, -0.1) is 0 Å². The Balaban J connectivity index is 1.73. The van der Waals surface area contributed by atoms with E-state index in [-0.39, 0.29) is 16.4 Å². The van der Waals surface area contributed by atoms with Crippen LogP contribution >= 0.6 is 0 Å². The number of benzene rings is 2. The van der Waals surface area contributed by atoms with Crippen molar-refractivity contribution < 1.29 is 26.7 Å². The fraction of sp³-hybridized carbons (Fsp3) is 0.318. The zero-order valence-electron chi connectivity index (χ0n) is 16.3. The lowest BCUT2D eigenvalue weighted by Crippen LogP contribution is -2.31. The van der Waals surface area contributed by atoms with Crippen LogP contribution in [0.5, 0.6) is 5.75 Å². The van der Waals surface area contributed by atoms with Crippen molar-refractivity contribution in [3.63, 3.8) is 0 Å². The molecule has 0 amide bonds. The number of halogens is 2. The van der Waals surface area contributed by atoms with Crippen molar-refractivity contribution in [1.82, 2.24) is 4.31 Å². The summed E-state index contributed by atoms with van der Waals surface area (Å²) in [4.78, 5) is 12.6. The normalized spacial score (nSPS) is 16.0. The quantitative estimate of drug-likeness (QED) is 0.465. The number of hydrogen-bond acceptors (Lipinski definition) is 4. The topological polar surface area (TPSA) is 63.7 Å². The molecule has 1 saturated heterocycles. The van der Waals surface area contributed by atoms with Crippen LogP contribution in [0.25, 0.3) is 6.08 Å². The first-order valence-corrected chi connectivity index (χ1v) is 11.2. The summed E-state index contributed by atoms with van der Waals surface area (Å²) in [5, 5.41) is 0. The second-order valence-electron chi connectivity index (χ2n) is 6.96. The number of alkyl halides is 2. The van der Waals surface area contributed by atoms with Crippen molar-refractivity contribution in [2.24, 2.45) is 0 Å². The number of carbonyl (C=O) groups excluding carboxylic acids is 1. The third-order valence-corrected chi connectivity index (χ3v) is 6.80. The Morgan fingerprint density at radius 3 is 2.23 bits per heavy atom. The van der Waals surface area contributed by atoms with Gasteiger partial charge in [0.05, 0.1) is 4.90 Å². The van der Waals surface area contributed by atoms with Gasteiger partial charge in [0.15, 0.2) is 5.78 Å². The Morgan fingerprint density at radius 2 is 1.60 bits per heavy atom. The molecule has 1 aliphatic rings. The molecule has 1 heterocycles. The standard InChI is InChI=1S/C22H23F2NO4S/c23-22(24)29-21-8-4-3-7-18(21)11-14-20(26)17-9-12-19(13-10-17)30(27,28)25-15-5-1-2-6-16-25/h3-4,7-14,22H,1-2,5-6,15-16H2. The molecule has 5 nitrogen and oxygen atoms in total. The first-order valence-electron chi connectivity index (χ1n) is 9.74. The molecule has 0 aromatic heterocycles. The van der Waals surface area contributed by atoms with Crippen LogP contribution in [0.2, 0.25) is 0 Å². The summed E-state index contributed by atoms with van der Waals surface area (Å²) in [5.41, 5.74) is 0.639. The summed E-state index contributed by atoms with van der Waals surface area (Å²) in [6.07, 6.45) is 6.37. The lowest BCUT2D eigenvalue weighted by Gasteiger charge is -2.19. The van der Waals surface area contributed by atoms with Crippen molar-refractivity contribution in [3.8, 4) is 5.75 Å². The van der Waals surface area contributed by atoms with Crippen molar-refractivity contribution in [2.75, 3.05) is 13.1 Å². The van der Waals surface area contributed by atoms with Crippen molar-refractivity contribution in [3.05, 3.63) is 65.7 Å².